The van der Waals surface area contributed by atoms with Gasteiger partial charge in [-0.15, -0.1) is 11.3 Å². The van der Waals surface area contributed by atoms with Gasteiger partial charge in [-0.2, -0.15) is 0 Å². The Kier molecular flexibility index (Phi) is 6.08. The number of thiophene rings is 1. The number of rotatable bonds is 8. The molecule has 5 heteroatoms. The van der Waals surface area contributed by atoms with Crippen LogP contribution in [-0.4, -0.2) is 42.6 Å². The Bertz CT molecular complexity index is 301. The Balaban J connectivity index is 2.23. The summed E-state index contributed by atoms with van der Waals surface area (Å²) in [5, 5.41) is 24.8. The van der Waals surface area contributed by atoms with E-state index in [1.165, 1.54) is 11.3 Å². The van der Waals surface area contributed by atoms with Gasteiger partial charge in [0, 0.05) is 38.1 Å². The molecule has 17 heavy (non-hydrogen) atoms. The second-order valence-electron chi connectivity index (χ2n) is 4.40. The van der Waals surface area contributed by atoms with Crippen molar-refractivity contribution in [3.63, 3.8) is 0 Å². The van der Waals surface area contributed by atoms with Gasteiger partial charge in [-0.1, -0.05) is 6.07 Å². The number of hydrogen-bond donors (Lipinski definition) is 3. The molecule has 2 atom stereocenters. The second-order valence-corrected chi connectivity index (χ2v) is 5.38. The van der Waals surface area contributed by atoms with E-state index in [1.54, 1.807) is 14.0 Å². The van der Waals surface area contributed by atoms with Crippen LogP contribution in [0.5, 0.6) is 0 Å². The molecular formula is C12H21NO3S. The van der Waals surface area contributed by atoms with E-state index in [4.69, 9.17) is 4.74 Å². The molecule has 1 aromatic heterocycles. The van der Waals surface area contributed by atoms with Crippen molar-refractivity contribution < 1.29 is 14.9 Å². The summed E-state index contributed by atoms with van der Waals surface area (Å²) in [5.74, 6) is 0. The summed E-state index contributed by atoms with van der Waals surface area (Å²) in [6, 6.07) is 3.82. The van der Waals surface area contributed by atoms with Gasteiger partial charge in [0.25, 0.3) is 0 Å². The lowest BCUT2D eigenvalue weighted by Gasteiger charge is -2.24. The fraction of sp³-hybridized carbons (Fsp3) is 0.667. The zero-order valence-corrected chi connectivity index (χ0v) is 11.2. The maximum absolute atomic E-state index is 9.97. The molecule has 3 N–H and O–H groups in total. The molecular weight excluding hydrogens is 238 g/mol. The molecule has 98 valence electrons. The molecule has 0 saturated carbocycles. The van der Waals surface area contributed by atoms with E-state index in [0.29, 0.717) is 26.1 Å². The van der Waals surface area contributed by atoms with Gasteiger partial charge in [0.1, 0.15) is 6.10 Å². The number of aliphatic hydroxyl groups is 2. The largest absolute Gasteiger partial charge is 0.389 e. The number of methoxy groups -OCH3 is 1. The van der Waals surface area contributed by atoms with Gasteiger partial charge in [0.2, 0.25) is 0 Å². The summed E-state index contributed by atoms with van der Waals surface area (Å²) < 4.78 is 4.93. The van der Waals surface area contributed by atoms with Crippen LogP contribution in [0.2, 0.25) is 0 Å². The molecule has 1 heterocycles. The third kappa shape index (κ3) is 5.61. The maximum Gasteiger partial charge on any atom is 0.101 e. The second kappa shape index (κ2) is 7.08. The monoisotopic (exact) mass is 259 g/mol. The predicted octanol–water partition coefficient (Wildman–Crippen LogP) is 1.16. The number of ether oxygens (including phenoxy) is 1. The van der Waals surface area contributed by atoms with Crippen LogP contribution in [0, 0.1) is 0 Å². The van der Waals surface area contributed by atoms with Gasteiger partial charge in [-0.25, -0.2) is 0 Å². The Morgan fingerprint density at radius 1 is 1.59 bits per heavy atom. The van der Waals surface area contributed by atoms with Gasteiger partial charge in [0.15, 0.2) is 0 Å². The van der Waals surface area contributed by atoms with Gasteiger partial charge in [-0.3, -0.25) is 0 Å². The Hall–Kier alpha value is -0.460. The minimum absolute atomic E-state index is 0.443. The lowest BCUT2D eigenvalue weighted by molar-refractivity contribution is 0.0225. The fourth-order valence-corrected chi connectivity index (χ4v) is 2.18. The molecule has 0 aliphatic carbocycles. The first kappa shape index (κ1) is 14.6. The van der Waals surface area contributed by atoms with Gasteiger partial charge in [0.05, 0.1) is 5.60 Å². The first-order valence-corrected chi connectivity index (χ1v) is 6.56. The van der Waals surface area contributed by atoms with E-state index in [9.17, 15) is 10.2 Å². The van der Waals surface area contributed by atoms with Crippen LogP contribution in [0.3, 0.4) is 0 Å². The molecule has 0 amide bonds. The summed E-state index contributed by atoms with van der Waals surface area (Å²) >= 11 is 1.53. The smallest absolute Gasteiger partial charge is 0.101 e. The van der Waals surface area contributed by atoms with Crippen LogP contribution >= 0.6 is 11.3 Å². The molecule has 0 bridgehead atoms. The zero-order chi connectivity index (χ0) is 12.7. The van der Waals surface area contributed by atoms with Gasteiger partial charge >= 0.3 is 0 Å². The van der Waals surface area contributed by atoms with E-state index in [-0.39, 0.29) is 0 Å². The summed E-state index contributed by atoms with van der Waals surface area (Å²) in [4.78, 5) is 0.939. The van der Waals surface area contributed by atoms with Crippen molar-refractivity contribution >= 4 is 11.3 Å². The molecule has 1 rings (SSSR count). The Morgan fingerprint density at radius 3 is 2.94 bits per heavy atom. The lowest BCUT2D eigenvalue weighted by Crippen LogP contribution is -2.40. The standard InChI is InChI=1S/C12H21NO3S/c1-12(15,5-6-16-2)9-13-8-10(14)11-4-3-7-17-11/h3-4,7,10,13-15H,5-6,8-9H2,1-2H3. The van der Waals surface area contributed by atoms with E-state index in [0.717, 1.165) is 4.88 Å². The molecule has 0 spiro atoms. The lowest BCUT2D eigenvalue weighted by atomic mass is 10.0. The van der Waals surface area contributed by atoms with Crippen molar-refractivity contribution in [2.24, 2.45) is 0 Å². The SMILES string of the molecule is COCCC(C)(O)CNCC(O)c1cccs1. The average Bonchev–Trinajstić information content (AvgIpc) is 2.79. The molecule has 0 aliphatic heterocycles. The topological polar surface area (TPSA) is 61.7 Å². The molecule has 0 fully saturated rings. The summed E-state index contributed by atoms with van der Waals surface area (Å²) in [5.41, 5.74) is -0.800. The number of hydrogen-bond acceptors (Lipinski definition) is 5. The third-order valence-corrected chi connectivity index (χ3v) is 3.53. The minimum atomic E-state index is -0.800. The first-order chi connectivity index (χ1) is 8.05. The molecule has 4 nitrogen and oxygen atoms in total. The fourth-order valence-electron chi connectivity index (χ4n) is 1.47. The van der Waals surface area contributed by atoms with Crippen LogP contribution in [0.15, 0.2) is 17.5 Å². The van der Waals surface area contributed by atoms with Gasteiger partial charge in [-0.05, 0) is 18.4 Å². The highest BCUT2D eigenvalue weighted by Gasteiger charge is 2.20. The molecule has 0 aromatic carbocycles. The first-order valence-electron chi connectivity index (χ1n) is 5.69. The number of nitrogens with one attached hydrogen (secondary N) is 1. The number of aliphatic hydroxyl groups excluding tert-OH is 1. The van der Waals surface area contributed by atoms with Crippen molar-refractivity contribution in [3.05, 3.63) is 22.4 Å². The van der Waals surface area contributed by atoms with Crippen molar-refractivity contribution in [2.45, 2.75) is 25.0 Å². The highest BCUT2D eigenvalue weighted by molar-refractivity contribution is 7.10. The van der Waals surface area contributed by atoms with Crippen LogP contribution in [0.4, 0.5) is 0 Å². The molecule has 0 aliphatic rings. The van der Waals surface area contributed by atoms with Crippen LogP contribution in [0.25, 0.3) is 0 Å². The van der Waals surface area contributed by atoms with Crippen LogP contribution in [-0.2, 0) is 4.74 Å². The summed E-state index contributed by atoms with van der Waals surface area (Å²) in [6.07, 6.45) is 0.0687. The highest BCUT2D eigenvalue weighted by atomic mass is 32.1. The Labute approximate surface area is 106 Å². The van der Waals surface area contributed by atoms with Crippen molar-refractivity contribution in [2.75, 3.05) is 26.8 Å². The third-order valence-electron chi connectivity index (χ3n) is 2.56. The van der Waals surface area contributed by atoms with E-state index in [1.807, 2.05) is 17.5 Å². The van der Waals surface area contributed by atoms with E-state index in [2.05, 4.69) is 5.32 Å². The predicted molar refractivity (Wildman–Crippen MR) is 69.3 cm³/mol. The van der Waals surface area contributed by atoms with Crippen molar-refractivity contribution in [1.82, 2.24) is 5.32 Å². The molecule has 0 radical (unpaired) electrons. The highest BCUT2D eigenvalue weighted by Crippen LogP contribution is 2.18. The van der Waals surface area contributed by atoms with E-state index >= 15 is 0 Å². The van der Waals surface area contributed by atoms with E-state index < -0.39 is 11.7 Å². The normalized spacial score (nSPS) is 16.7. The Morgan fingerprint density at radius 2 is 2.35 bits per heavy atom. The van der Waals surface area contributed by atoms with Crippen molar-refractivity contribution in [1.29, 1.82) is 0 Å². The summed E-state index contributed by atoms with van der Waals surface area (Å²) in [7, 11) is 1.62. The minimum Gasteiger partial charge on any atom is -0.389 e. The zero-order valence-electron chi connectivity index (χ0n) is 10.3. The van der Waals surface area contributed by atoms with Crippen molar-refractivity contribution in [3.8, 4) is 0 Å². The van der Waals surface area contributed by atoms with Crippen LogP contribution in [0.1, 0.15) is 24.3 Å². The average molecular weight is 259 g/mol. The maximum atomic E-state index is 9.97. The van der Waals surface area contributed by atoms with Crippen LogP contribution < -0.4 is 5.32 Å². The quantitative estimate of drug-likeness (QED) is 0.655. The molecule has 0 saturated heterocycles. The summed E-state index contributed by atoms with van der Waals surface area (Å²) in [6.45, 7) is 3.18. The van der Waals surface area contributed by atoms with Gasteiger partial charge < -0.3 is 20.3 Å². The molecule has 1 aromatic rings. The molecule has 2 unspecified atom stereocenters.